The lowest BCUT2D eigenvalue weighted by Crippen LogP contribution is -2.25. The molecule has 0 spiro atoms. The van der Waals surface area contributed by atoms with Gasteiger partial charge in [-0.1, -0.05) is 42.8 Å². The van der Waals surface area contributed by atoms with Crippen LogP contribution in [0.5, 0.6) is 0 Å². The highest BCUT2D eigenvalue weighted by Crippen LogP contribution is 2.38. The van der Waals surface area contributed by atoms with Crippen molar-refractivity contribution in [1.29, 1.82) is 0 Å². The fourth-order valence-corrected chi connectivity index (χ4v) is 3.65. The minimum Gasteiger partial charge on any atom is -0.326 e. The molecule has 0 fully saturated rings. The first-order valence-electron chi connectivity index (χ1n) is 7.57. The molecule has 2 atom stereocenters. The lowest BCUT2D eigenvalue weighted by molar-refractivity contribution is 0.634. The zero-order valence-electron chi connectivity index (χ0n) is 13.4. The summed E-state index contributed by atoms with van der Waals surface area (Å²) in [6.07, 6.45) is 0.983. The molecule has 1 nitrogen and oxygen atoms in total. The van der Waals surface area contributed by atoms with Crippen LogP contribution in [-0.2, 0) is 0 Å². The van der Waals surface area contributed by atoms with Crippen molar-refractivity contribution in [3.63, 3.8) is 0 Å². The van der Waals surface area contributed by atoms with Gasteiger partial charge < -0.3 is 5.73 Å². The highest BCUT2D eigenvalue weighted by molar-refractivity contribution is 7.99. The average Bonchev–Trinajstić information content (AvgIpc) is 2.48. The summed E-state index contributed by atoms with van der Waals surface area (Å²) in [5, 5.41) is 0.303. The Kier molecular flexibility index (Phi) is 5.49. The fourth-order valence-electron chi connectivity index (χ4n) is 2.31. The largest absolute Gasteiger partial charge is 0.326 e. The van der Waals surface area contributed by atoms with Crippen LogP contribution in [0.15, 0.2) is 47.4 Å². The number of hydrogen-bond donors (Lipinski definition) is 1. The maximum atomic E-state index is 6.38. The van der Waals surface area contributed by atoms with E-state index in [1.54, 1.807) is 0 Å². The van der Waals surface area contributed by atoms with E-state index in [2.05, 4.69) is 70.2 Å². The van der Waals surface area contributed by atoms with Crippen LogP contribution in [0, 0.1) is 20.8 Å². The zero-order valence-corrected chi connectivity index (χ0v) is 14.2. The Labute approximate surface area is 133 Å². The van der Waals surface area contributed by atoms with Crippen LogP contribution in [0.1, 0.15) is 40.8 Å². The second kappa shape index (κ2) is 7.15. The molecule has 0 aliphatic carbocycles. The zero-order chi connectivity index (χ0) is 15.4. The van der Waals surface area contributed by atoms with Gasteiger partial charge >= 0.3 is 0 Å². The third-order valence-electron chi connectivity index (χ3n) is 4.01. The summed E-state index contributed by atoms with van der Waals surface area (Å²) in [4.78, 5) is 1.30. The van der Waals surface area contributed by atoms with Crippen LogP contribution in [0.3, 0.4) is 0 Å². The Morgan fingerprint density at radius 1 is 0.952 bits per heavy atom. The highest BCUT2D eigenvalue weighted by atomic mass is 32.2. The third-order valence-corrected chi connectivity index (χ3v) is 5.41. The lowest BCUT2D eigenvalue weighted by atomic mass is 10.0. The molecule has 0 saturated heterocycles. The van der Waals surface area contributed by atoms with Gasteiger partial charge in [-0.25, -0.2) is 0 Å². The minimum atomic E-state index is 0.166. The maximum Gasteiger partial charge on any atom is 0.0495 e. The number of hydrogen-bond acceptors (Lipinski definition) is 2. The van der Waals surface area contributed by atoms with Crippen molar-refractivity contribution in [3.8, 4) is 0 Å². The van der Waals surface area contributed by atoms with Gasteiger partial charge in [0.1, 0.15) is 0 Å². The molecule has 0 bridgehead atoms. The molecule has 0 aliphatic heterocycles. The molecule has 0 aliphatic rings. The summed E-state index contributed by atoms with van der Waals surface area (Å²) >= 11 is 1.88. The number of rotatable bonds is 5. The van der Waals surface area contributed by atoms with E-state index in [1.807, 2.05) is 11.8 Å². The molecule has 2 N–H and O–H groups in total. The molecule has 0 aromatic heterocycles. The first-order valence-corrected chi connectivity index (χ1v) is 8.45. The molecule has 0 amide bonds. The molecule has 2 rings (SSSR count). The van der Waals surface area contributed by atoms with Crippen molar-refractivity contribution in [2.24, 2.45) is 5.73 Å². The average molecular weight is 299 g/mol. The van der Waals surface area contributed by atoms with Crippen molar-refractivity contribution in [1.82, 2.24) is 0 Å². The van der Waals surface area contributed by atoms with Gasteiger partial charge in [-0.2, -0.15) is 0 Å². The van der Waals surface area contributed by atoms with E-state index in [0.717, 1.165) is 6.42 Å². The van der Waals surface area contributed by atoms with Gasteiger partial charge in [0.25, 0.3) is 0 Å². The molecule has 21 heavy (non-hydrogen) atoms. The molecule has 2 aromatic carbocycles. The number of thioether (sulfide) groups is 1. The van der Waals surface area contributed by atoms with Gasteiger partial charge in [-0.05, 0) is 56.0 Å². The van der Waals surface area contributed by atoms with Crippen LogP contribution in [0.25, 0.3) is 0 Å². The van der Waals surface area contributed by atoms with Crippen molar-refractivity contribution in [3.05, 3.63) is 64.7 Å². The summed E-state index contributed by atoms with van der Waals surface area (Å²) < 4.78 is 0. The van der Waals surface area contributed by atoms with E-state index >= 15 is 0 Å². The number of benzene rings is 2. The second-order valence-electron chi connectivity index (χ2n) is 5.77. The van der Waals surface area contributed by atoms with Crippen molar-refractivity contribution >= 4 is 11.8 Å². The monoisotopic (exact) mass is 299 g/mol. The maximum absolute atomic E-state index is 6.38. The summed E-state index contributed by atoms with van der Waals surface area (Å²) in [6.45, 7) is 8.60. The van der Waals surface area contributed by atoms with Gasteiger partial charge in [-0.15, -0.1) is 11.8 Å². The first-order chi connectivity index (χ1) is 10.0. The minimum absolute atomic E-state index is 0.166. The van der Waals surface area contributed by atoms with E-state index in [1.165, 1.54) is 27.1 Å². The molecule has 2 aromatic rings. The Balaban J connectivity index is 2.28. The molecule has 112 valence electrons. The standard InChI is InChI=1S/C19H25NS/c1-5-18(20)19(16-9-6-13(2)7-10-16)21-17-11-8-14(3)15(4)12-17/h6-12,18-19H,5,20H2,1-4H3. The fraction of sp³-hybridized carbons (Fsp3) is 0.368. The van der Waals surface area contributed by atoms with E-state index in [0.29, 0.717) is 5.25 Å². The van der Waals surface area contributed by atoms with Gasteiger partial charge in [0.2, 0.25) is 0 Å². The van der Waals surface area contributed by atoms with E-state index in [4.69, 9.17) is 5.73 Å². The topological polar surface area (TPSA) is 26.0 Å². The predicted octanol–water partition coefficient (Wildman–Crippen LogP) is 5.18. The molecule has 2 heteroatoms. The SMILES string of the molecule is CCC(N)C(Sc1ccc(C)c(C)c1)c1ccc(C)cc1. The van der Waals surface area contributed by atoms with Crippen molar-refractivity contribution in [2.45, 2.75) is 50.3 Å². The van der Waals surface area contributed by atoms with Crippen molar-refractivity contribution in [2.75, 3.05) is 0 Å². The summed E-state index contributed by atoms with van der Waals surface area (Å²) in [7, 11) is 0. The molecule has 0 heterocycles. The molecular weight excluding hydrogens is 274 g/mol. The molecule has 2 unspecified atom stereocenters. The van der Waals surface area contributed by atoms with Crippen LogP contribution >= 0.6 is 11.8 Å². The van der Waals surface area contributed by atoms with Gasteiger partial charge in [0.05, 0.1) is 0 Å². The first kappa shape index (κ1) is 16.1. The Hall–Kier alpha value is -1.25. The quantitative estimate of drug-likeness (QED) is 0.770. The normalized spacial score (nSPS) is 14.0. The molecule has 0 saturated carbocycles. The number of aryl methyl sites for hydroxylation is 3. The van der Waals surface area contributed by atoms with E-state index < -0.39 is 0 Å². The molecule has 0 radical (unpaired) electrons. The van der Waals surface area contributed by atoms with Gasteiger partial charge in [-0.3, -0.25) is 0 Å². The van der Waals surface area contributed by atoms with Crippen LogP contribution in [0.4, 0.5) is 0 Å². The Morgan fingerprint density at radius 3 is 2.19 bits per heavy atom. The van der Waals surface area contributed by atoms with Gasteiger partial charge in [0, 0.05) is 16.2 Å². The number of nitrogens with two attached hydrogens (primary N) is 1. The van der Waals surface area contributed by atoms with E-state index in [9.17, 15) is 0 Å². The smallest absolute Gasteiger partial charge is 0.0495 e. The molecular formula is C19H25NS. The Bertz CT molecular complexity index is 589. The Morgan fingerprint density at radius 2 is 1.62 bits per heavy atom. The predicted molar refractivity (Wildman–Crippen MR) is 94.0 cm³/mol. The third kappa shape index (κ3) is 4.12. The summed E-state index contributed by atoms with van der Waals surface area (Å²) in [5.41, 5.74) is 11.7. The second-order valence-corrected chi connectivity index (χ2v) is 6.98. The van der Waals surface area contributed by atoms with Crippen LogP contribution in [0.2, 0.25) is 0 Å². The van der Waals surface area contributed by atoms with E-state index in [-0.39, 0.29) is 6.04 Å². The summed E-state index contributed by atoms with van der Waals surface area (Å²) in [6, 6.07) is 15.6. The van der Waals surface area contributed by atoms with Crippen LogP contribution in [-0.4, -0.2) is 6.04 Å². The summed E-state index contributed by atoms with van der Waals surface area (Å²) in [5.74, 6) is 0. The van der Waals surface area contributed by atoms with Crippen molar-refractivity contribution < 1.29 is 0 Å². The van der Waals surface area contributed by atoms with Crippen LogP contribution < -0.4 is 5.73 Å². The lowest BCUT2D eigenvalue weighted by Gasteiger charge is -2.23. The highest BCUT2D eigenvalue weighted by Gasteiger charge is 2.20. The van der Waals surface area contributed by atoms with Gasteiger partial charge in [0.15, 0.2) is 0 Å².